The fraction of sp³-hybridized carbons (Fsp3) is 0.219. The monoisotopic (exact) mass is 615 g/mol. The molecule has 12 heteroatoms. The molecule has 3 aromatic carbocycles. The third kappa shape index (κ3) is 6.40. The Morgan fingerprint density at radius 2 is 1.70 bits per heavy atom. The molecule has 0 saturated carbocycles. The van der Waals surface area contributed by atoms with Gasteiger partial charge < -0.3 is 18.9 Å². The number of carbonyl (C=O) groups excluding carboxylic acids is 1. The molecule has 1 atom stereocenters. The number of methoxy groups -OCH3 is 1. The summed E-state index contributed by atoms with van der Waals surface area (Å²) in [6.07, 6.45) is 3.20. The van der Waals surface area contributed by atoms with Crippen molar-refractivity contribution in [1.82, 2.24) is 4.57 Å². The quantitative estimate of drug-likeness (QED) is 0.139. The smallest absolute Gasteiger partial charge is 0.337 e. The molecule has 1 aromatic heterocycles. The van der Waals surface area contributed by atoms with Gasteiger partial charge >= 0.3 is 5.97 Å². The number of nitro benzene ring substituents is 1. The summed E-state index contributed by atoms with van der Waals surface area (Å²) in [5, 5.41) is 10.8. The molecule has 0 bridgehead atoms. The Kier molecular flexibility index (Phi) is 9.20. The SMILES string of the molecule is CCOc1ccc([C@H]2C(C(=O)OC)=CN=c3s/c(=C\c4ccc(OCc5ccc([N+](=O)[O-])cc5)cc4)c(=O)n32)cc1OCC. The van der Waals surface area contributed by atoms with E-state index in [1.54, 1.807) is 48.5 Å². The van der Waals surface area contributed by atoms with Crippen molar-refractivity contribution in [2.24, 2.45) is 4.99 Å². The number of carbonyl (C=O) groups is 1. The van der Waals surface area contributed by atoms with Crippen LogP contribution in [0.5, 0.6) is 17.2 Å². The second-order valence-corrected chi connectivity index (χ2v) is 10.5. The molecule has 2 heterocycles. The zero-order chi connectivity index (χ0) is 31.2. The molecule has 1 aliphatic heterocycles. The summed E-state index contributed by atoms with van der Waals surface area (Å²) in [7, 11) is 1.29. The Balaban J connectivity index is 1.45. The molecule has 0 saturated heterocycles. The summed E-state index contributed by atoms with van der Waals surface area (Å²) in [5.41, 5.74) is 2.13. The molecule has 1 aliphatic rings. The highest BCUT2D eigenvalue weighted by Gasteiger charge is 2.31. The Morgan fingerprint density at radius 3 is 2.36 bits per heavy atom. The summed E-state index contributed by atoms with van der Waals surface area (Å²) in [5.74, 6) is 1.08. The van der Waals surface area contributed by atoms with Gasteiger partial charge in [-0.2, -0.15) is 0 Å². The normalized spacial score (nSPS) is 14.2. The summed E-state index contributed by atoms with van der Waals surface area (Å²) in [4.78, 5) is 41.9. The molecular formula is C32H29N3O8S. The third-order valence-electron chi connectivity index (χ3n) is 6.74. The second-order valence-electron chi connectivity index (χ2n) is 9.53. The van der Waals surface area contributed by atoms with E-state index >= 15 is 0 Å². The van der Waals surface area contributed by atoms with Gasteiger partial charge in [-0.05, 0) is 73.0 Å². The van der Waals surface area contributed by atoms with Crippen molar-refractivity contribution in [1.29, 1.82) is 0 Å². The lowest BCUT2D eigenvalue weighted by molar-refractivity contribution is -0.384. The van der Waals surface area contributed by atoms with Crippen molar-refractivity contribution >= 4 is 29.1 Å². The number of nitro groups is 1. The molecule has 11 nitrogen and oxygen atoms in total. The van der Waals surface area contributed by atoms with Crippen LogP contribution < -0.4 is 29.1 Å². The fourth-order valence-corrected chi connectivity index (χ4v) is 5.65. The topological polar surface area (TPSA) is 131 Å². The summed E-state index contributed by atoms with van der Waals surface area (Å²) in [6.45, 7) is 4.85. The Bertz CT molecular complexity index is 1890. The first-order chi connectivity index (χ1) is 21.3. The number of aromatic nitrogens is 1. The first kappa shape index (κ1) is 30.2. The van der Waals surface area contributed by atoms with E-state index in [1.807, 2.05) is 26.0 Å². The van der Waals surface area contributed by atoms with Gasteiger partial charge in [-0.1, -0.05) is 29.5 Å². The molecule has 5 rings (SSSR count). The van der Waals surface area contributed by atoms with Crippen LogP contribution in [-0.4, -0.2) is 35.8 Å². The van der Waals surface area contributed by atoms with Crippen LogP contribution in [0, 0.1) is 10.1 Å². The highest BCUT2D eigenvalue weighted by Crippen LogP contribution is 2.35. The molecule has 44 heavy (non-hydrogen) atoms. The van der Waals surface area contributed by atoms with E-state index in [0.717, 1.165) is 11.1 Å². The van der Waals surface area contributed by atoms with Crippen molar-refractivity contribution in [3.05, 3.63) is 125 Å². The van der Waals surface area contributed by atoms with E-state index in [9.17, 15) is 19.7 Å². The fourth-order valence-electron chi connectivity index (χ4n) is 4.68. The number of non-ortho nitro benzene ring substituents is 1. The van der Waals surface area contributed by atoms with E-state index in [0.29, 0.717) is 45.4 Å². The lowest BCUT2D eigenvalue weighted by Crippen LogP contribution is -2.39. The Labute approximate surface area is 256 Å². The number of nitrogens with zero attached hydrogens (tertiary/aromatic N) is 3. The lowest BCUT2D eigenvalue weighted by atomic mass is 9.97. The van der Waals surface area contributed by atoms with Crippen LogP contribution in [-0.2, 0) is 16.1 Å². The van der Waals surface area contributed by atoms with Crippen LogP contribution in [0.15, 0.2) is 88.3 Å². The van der Waals surface area contributed by atoms with Gasteiger partial charge in [0.1, 0.15) is 12.4 Å². The largest absolute Gasteiger partial charge is 0.490 e. The van der Waals surface area contributed by atoms with Gasteiger partial charge in [0.05, 0.1) is 41.4 Å². The highest BCUT2D eigenvalue weighted by molar-refractivity contribution is 7.07. The Hall–Kier alpha value is -5.23. The number of rotatable bonds is 11. The minimum absolute atomic E-state index is 0.0194. The summed E-state index contributed by atoms with van der Waals surface area (Å²) in [6, 6.07) is 17.9. The highest BCUT2D eigenvalue weighted by atomic mass is 32.1. The number of esters is 1. The number of ether oxygens (including phenoxy) is 4. The van der Waals surface area contributed by atoms with E-state index < -0.39 is 16.9 Å². The second kappa shape index (κ2) is 13.4. The van der Waals surface area contributed by atoms with Gasteiger partial charge in [0.15, 0.2) is 16.3 Å². The molecule has 226 valence electrons. The van der Waals surface area contributed by atoms with E-state index in [2.05, 4.69) is 4.99 Å². The molecule has 0 spiro atoms. The van der Waals surface area contributed by atoms with Gasteiger partial charge in [0, 0.05) is 18.3 Å². The van der Waals surface area contributed by atoms with Crippen LogP contribution >= 0.6 is 11.3 Å². The van der Waals surface area contributed by atoms with Gasteiger partial charge in [0.25, 0.3) is 11.2 Å². The minimum Gasteiger partial charge on any atom is -0.490 e. The van der Waals surface area contributed by atoms with Gasteiger partial charge in [-0.3, -0.25) is 19.5 Å². The van der Waals surface area contributed by atoms with Crippen molar-refractivity contribution in [3.63, 3.8) is 0 Å². The van der Waals surface area contributed by atoms with Crippen LogP contribution in [0.25, 0.3) is 6.08 Å². The summed E-state index contributed by atoms with van der Waals surface area (Å²) >= 11 is 1.21. The predicted molar refractivity (Wildman–Crippen MR) is 164 cm³/mol. The molecule has 0 N–H and O–H groups in total. The zero-order valence-electron chi connectivity index (χ0n) is 24.2. The summed E-state index contributed by atoms with van der Waals surface area (Å²) < 4.78 is 24.3. The average Bonchev–Trinajstić information content (AvgIpc) is 3.35. The average molecular weight is 616 g/mol. The third-order valence-corrected chi connectivity index (χ3v) is 7.74. The molecule has 0 fully saturated rings. The predicted octanol–water partition coefficient (Wildman–Crippen LogP) is 4.30. The molecule has 0 amide bonds. The molecule has 4 aromatic rings. The standard InChI is InChI=1S/C32H29N3O8S/c1-4-41-26-15-10-22(17-27(26)42-5-2)29-25(31(37)40-3)18-33-32-34(29)30(36)28(44-32)16-20-8-13-24(14-9-20)43-19-21-6-11-23(12-7-21)35(38)39/h6-18,29H,4-5,19H2,1-3H3/b28-16-/t29-/m0/s1. The molecular weight excluding hydrogens is 586 g/mol. The van der Waals surface area contributed by atoms with Crippen LogP contribution in [0.4, 0.5) is 5.69 Å². The van der Waals surface area contributed by atoms with Crippen LogP contribution in [0.3, 0.4) is 0 Å². The van der Waals surface area contributed by atoms with Crippen molar-refractivity contribution in [2.75, 3.05) is 20.3 Å². The maximum absolute atomic E-state index is 13.8. The first-order valence-corrected chi connectivity index (χ1v) is 14.6. The molecule has 0 unspecified atom stereocenters. The van der Waals surface area contributed by atoms with Crippen molar-refractivity contribution < 1.29 is 28.7 Å². The number of thiazole rings is 1. The van der Waals surface area contributed by atoms with Crippen molar-refractivity contribution in [3.8, 4) is 17.2 Å². The maximum Gasteiger partial charge on any atom is 0.337 e. The van der Waals surface area contributed by atoms with E-state index in [4.69, 9.17) is 18.9 Å². The minimum atomic E-state index is -0.786. The van der Waals surface area contributed by atoms with Crippen LogP contribution in [0.1, 0.15) is 36.6 Å². The van der Waals surface area contributed by atoms with Gasteiger partial charge in [0.2, 0.25) is 0 Å². The molecule has 0 aliphatic carbocycles. The number of hydrogen-bond donors (Lipinski definition) is 0. The van der Waals surface area contributed by atoms with E-state index in [1.165, 1.54) is 41.3 Å². The Morgan fingerprint density at radius 1 is 1.00 bits per heavy atom. The number of benzene rings is 3. The maximum atomic E-state index is 13.8. The van der Waals surface area contributed by atoms with Crippen molar-refractivity contribution in [2.45, 2.75) is 26.5 Å². The van der Waals surface area contributed by atoms with Crippen LogP contribution in [0.2, 0.25) is 0 Å². The first-order valence-electron chi connectivity index (χ1n) is 13.8. The van der Waals surface area contributed by atoms with Gasteiger partial charge in [-0.15, -0.1) is 0 Å². The zero-order valence-corrected chi connectivity index (χ0v) is 25.0. The number of fused-ring (bicyclic) bond motifs is 1. The van der Waals surface area contributed by atoms with Gasteiger partial charge in [-0.25, -0.2) is 9.79 Å². The molecule has 0 radical (unpaired) electrons. The number of hydrogen-bond acceptors (Lipinski definition) is 10. The lowest BCUT2D eigenvalue weighted by Gasteiger charge is -2.23. The van der Waals surface area contributed by atoms with E-state index in [-0.39, 0.29) is 23.4 Å².